The molecule has 0 unspecified atom stereocenters. The van der Waals surface area contributed by atoms with Gasteiger partial charge in [0.1, 0.15) is 0 Å². The highest BCUT2D eigenvalue weighted by molar-refractivity contribution is 5.79. The van der Waals surface area contributed by atoms with Crippen molar-refractivity contribution in [2.75, 3.05) is 28.4 Å². The molecule has 0 amide bonds. The topological polar surface area (TPSA) is 115 Å². The summed E-state index contributed by atoms with van der Waals surface area (Å²) in [4.78, 5) is 11.4. The molecule has 0 aliphatic carbocycles. The van der Waals surface area contributed by atoms with Crippen LogP contribution in [0.2, 0.25) is 0 Å². The molecule has 0 fully saturated rings. The molecule has 3 atom stereocenters. The van der Waals surface area contributed by atoms with Gasteiger partial charge >= 0.3 is 11.8 Å². The number of esters is 1. The van der Waals surface area contributed by atoms with Crippen molar-refractivity contribution < 1.29 is 39.1 Å². The van der Waals surface area contributed by atoms with Crippen LogP contribution in [0.4, 0.5) is 0 Å². The van der Waals surface area contributed by atoms with Gasteiger partial charge in [0, 0.05) is 21.3 Å². The van der Waals surface area contributed by atoms with Crippen molar-refractivity contribution in [1.82, 2.24) is 0 Å². The molecule has 0 saturated carbocycles. The Kier molecular flexibility index (Phi) is 5.02. The standard InChI is InChI=1S/C9H18O8/c1-7(11,15-3)9(13,17-5)8(12,16-4)6(10)14-2/h11-13H,1-5H3/t7-,8+,9-/m0/s1. The Morgan fingerprint density at radius 1 is 0.941 bits per heavy atom. The van der Waals surface area contributed by atoms with Gasteiger partial charge in [0.2, 0.25) is 5.79 Å². The van der Waals surface area contributed by atoms with Gasteiger partial charge in [0.25, 0.3) is 5.79 Å². The van der Waals surface area contributed by atoms with Crippen LogP contribution >= 0.6 is 0 Å². The number of hydrogen-bond donors (Lipinski definition) is 3. The Morgan fingerprint density at radius 3 is 1.65 bits per heavy atom. The summed E-state index contributed by atoms with van der Waals surface area (Å²) in [5.74, 6) is -9.64. The van der Waals surface area contributed by atoms with Gasteiger partial charge in [-0.3, -0.25) is 0 Å². The van der Waals surface area contributed by atoms with Crippen molar-refractivity contribution in [2.45, 2.75) is 24.3 Å². The third-order valence-corrected chi connectivity index (χ3v) is 2.54. The summed E-state index contributed by atoms with van der Waals surface area (Å²) in [5, 5.41) is 29.9. The molecule has 0 aromatic rings. The summed E-state index contributed by atoms with van der Waals surface area (Å²) in [6.07, 6.45) is 0. The van der Waals surface area contributed by atoms with Crippen LogP contribution in [0.1, 0.15) is 6.92 Å². The summed E-state index contributed by atoms with van der Waals surface area (Å²) in [6.45, 7) is 0.976. The van der Waals surface area contributed by atoms with Crippen molar-refractivity contribution in [3.63, 3.8) is 0 Å². The van der Waals surface area contributed by atoms with Gasteiger partial charge in [0.15, 0.2) is 0 Å². The van der Waals surface area contributed by atoms with Crippen LogP contribution in [0.3, 0.4) is 0 Å². The molecule has 0 spiro atoms. The minimum absolute atomic E-state index is 0.923. The largest absolute Gasteiger partial charge is 0.465 e. The lowest BCUT2D eigenvalue weighted by Crippen LogP contribution is -2.72. The highest BCUT2D eigenvalue weighted by atomic mass is 16.8. The molecular formula is C9H18O8. The maximum absolute atomic E-state index is 11.4. The van der Waals surface area contributed by atoms with E-state index in [0.717, 1.165) is 35.4 Å². The molecule has 102 valence electrons. The van der Waals surface area contributed by atoms with Gasteiger partial charge in [-0.15, -0.1) is 0 Å². The van der Waals surface area contributed by atoms with E-state index in [1.54, 1.807) is 0 Å². The molecule has 8 nitrogen and oxygen atoms in total. The molecule has 0 rings (SSSR count). The van der Waals surface area contributed by atoms with Crippen LogP contribution in [-0.4, -0.2) is 67.1 Å². The monoisotopic (exact) mass is 254 g/mol. The van der Waals surface area contributed by atoms with E-state index in [2.05, 4.69) is 18.9 Å². The van der Waals surface area contributed by atoms with E-state index in [1.165, 1.54) is 0 Å². The first kappa shape index (κ1) is 16.2. The van der Waals surface area contributed by atoms with Crippen LogP contribution in [0.15, 0.2) is 0 Å². The molecule has 0 aromatic heterocycles. The first-order chi connectivity index (χ1) is 7.66. The molecule has 8 heteroatoms. The average Bonchev–Trinajstić information content (AvgIpc) is 2.34. The average molecular weight is 254 g/mol. The van der Waals surface area contributed by atoms with Gasteiger partial charge in [-0.05, 0) is 6.92 Å². The SMILES string of the molecule is COC(=O)[C@@](O)(OC)[C@@](O)(OC)[C@@](C)(O)OC. The van der Waals surface area contributed by atoms with Crippen molar-refractivity contribution >= 4 is 5.97 Å². The summed E-state index contributed by atoms with van der Waals surface area (Å²) >= 11 is 0. The van der Waals surface area contributed by atoms with E-state index >= 15 is 0 Å². The maximum atomic E-state index is 11.4. The first-order valence-corrected chi connectivity index (χ1v) is 4.57. The Hall–Kier alpha value is -0.770. The molecule has 0 aliphatic rings. The molecular weight excluding hydrogens is 236 g/mol. The molecule has 17 heavy (non-hydrogen) atoms. The van der Waals surface area contributed by atoms with Crippen LogP contribution in [0.5, 0.6) is 0 Å². The Bertz CT molecular complexity index is 278. The van der Waals surface area contributed by atoms with Crippen LogP contribution in [0.25, 0.3) is 0 Å². The number of methoxy groups -OCH3 is 4. The predicted octanol–water partition coefficient (Wildman–Crippen LogP) is -1.82. The minimum Gasteiger partial charge on any atom is -0.465 e. The lowest BCUT2D eigenvalue weighted by atomic mass is 9.97. The van der Waals surface area contributed by atoms with Crippen molar-refractivity contribution in [3.05, 3.63) is 0 Å². The highest BCUT2D eigenvalue weighted by Crippen LogP contribution is 2.36. The molecule has 0 saturated heterocycles. The maximum Gasteiger partial charge on any atom is 0.372 e. The lowest BCUT2D eigenvalue weighted by Gasteiger charge is -2.45. The summed E-state index contributed by atoms with van der Waals surface area (Å²) in [7, 11) is 3.87. The molecule has 0 heterocycles. The van der Waals surface area contributed by atoms with Gasteiger partial charge in [-0.1, -0.05) is 0 Å². The normalized spacial score (nSPS) is 22.1. The van der Waals surface area contributed by atoms with Gasteiger partial charge < -0.3 is 34.3 Å². The van der Waals surface area contributed by atoms with Crippen molar-refractivity contribution in [2.24, 2.45) is 0 Å². The molecule has 0 radical (unpaired) electrons. The first-order valence-electron chi connectivity index (χ1n) is 4.57. The fraction of sp³-hybridized carbons (Fsp3) is 0.889. The van der Waals surface area contributed by atoms with Crippen molar-refractivity contribution in [1.29, 1.82) is 0 Å². The zero-order valence-corrected chi connectivity index (χ0v) is 10.4. The Labute approximate surface area is 98.7 Å². The number of rotatable bonds is 6. The molecule has 0 bridgehead atoms. The quantitative estimate of drug-likeness (QED) is 0.375. The van der Waals surface area contributed by atoms with Gasteiger partial charge in [0.05, 0.1) is 7.11 Å². The van der Waals surface area contributed by atoms with Crippen LogP contribution < -0.4 is 0 Å². The van der Waals surface area contributed by atoms with E-state index in [4.69, 9.17) is 0 Å². The number of hydrogen-bond acceptors (Lipinski definition) is 8. The lowest BCUT2D eigenvalue weighted by molar-refractivity contribution is -0.449. The fourth-order valence-corrected chi connectivity index (χ4v) is 1.28. The van der Waals surface area contributed by atoms with Gasteiger partial charge in [-0.25, -0.2) is 4.79 Å². The third kappa shape index (κ3) is 2.28. The third-order valence-electron chi connectivity index (χ3n) is 2.54. The minimum atomic E-state index is -2.96. The Morgan fingerprint density at radius 2 is 1.41 bits per heavy atom. The summed E-state index contributed by atoms with van der Waals surface area (Å²) < 4.78 is 17.9. The second kappa shape index (κ2) is 5.25. The molecule has 3 N–H and O–H groups in total. The van der Waals surface area contributed by atoms with E-state index < -0.39 is 23.3 Å². The summed E-state index contributed by atoms with van der Waals surface area (Å²) in [5.41, 5.74) is 0. The zero-order chi connectivity index (χ0) is 13.9. The number of ether oxygens (including phenoxy) is 4. The number of aliphatic hydroxyl groups is 3. The number of carbonyl (C=O) groups is 1. The fourth-order valence-electron chi connectivity index (χ4n) is 1.28. The van der Waals surface area contributed by atoms with E-state index in [9.17, 15) is 20.1 Å². The second-order valence-corrected chi connectivity index (χ2v) is 3.37. The molecule has 0 aliphatic heterocycles. The van der Waals surface area contributed by atoms with Crippen molar-refractivity contribution in [3.8, 4) is 0 Å². The number of carbonyl (C=O) groups excluding carboxylic acids is 1. The summed E-state index contributed by atoms with van der Waals surface area (Å²) in [6, 6.07) is 0. The van der Waals surface area contributed by atoms with E-state index in [1.807, 2.05) is 0 Å². The Balaban J connectivity index is 5.69. The van der Waals surface area contributed by atoms with Gasteiger partial charge in [-0.2, -0.15) is 0 Å². The van der Waals surface area contributed by atoms with Crippen LogP contribution in [0, 0.1) is 0 Å². The molecule has 0 aromatic carbocycles. The smallest absolute Gasteiger partial charge is 0.372 e. The highest BCUT2D eigenvalue weighted by Gasteiger charge is 2.68. The van der Waals surface area contributed by atoms with E-state index in [-0.39, 0.29) is 0 Å². The van der Waals surface area contributed by atoms with Crippen LogP contribution in [-0.2, 0) is 23.7 Å². The predicted molar refractivity (Wildman–Crippen MR) is 53.6 cm³/mol. The zero-order valence-electron chi connectivity index (χ0n) is 10.4. The van der Waals surface area contributed by atoms with E-state index in [0.29, 0.717) is 0 Å². The second-order valence-electron chi connectivity index (χ2n) is 3.37.